The summed E-state index contributed by atoms with van der Waals surface area (Å²) in [7, 11) is 0. The molecule has 0 saturated carbocycles. The molecule has 2 rings (SSSR count). The van der Waals surface area contributed by atoms with Crippen LogP contribution in [0.3, 0.4) is 0 Å². The molecule has 0 saturated heterocycles. The Morgan fingerprint density at radius 1 is 1.12 bits per heavy atom. The van der Waals surface area contributed by atoms with Crippen molar-refractivity contribution in [3.8, 4) is 0 Å². The molecule has 0 aliphatic heterocycles. The number of unbranched alkanes of at least 4 members (excludes halogenated alkanes) is 3. The number of nitrogens with zero attached hydrogens (tertiary/aromatic N) is 2. The van der Waals surface area contributed by atoms with Gasteiger partial charge in [-0.25, -0.2) is 0 Å². The van der Waals surface area contributed by atoms with E-state index < -0.39 is 11.0 Å². The van der Waals surface area contributed by atoms with Gasteiger partial charge in [0, 0.05) is 31.5 Å². The van der Waals surface area contributed by atoms with Gasteiger partial charge in [0.05, 0.1) is 26.8 Å². The number of nitrogens with two attached hydrogens (primary N) is 1. The normalized spacial score (nSPS) is 12.1. The van der Waals surface area contributed by atoms with Crippen molar-refractivity contribution in [2.45, 2.75) is 44.6 Å². The molecule has 2 aromatic rings. The van der Waals surface area contributed by atoms with E-state index in [1.165, 1.54) is 12.3 Å². The number of aliphatic hydroxyl groups excluding tert-OH is 1. The lowest BCUT2D eigenvalue weighted by molar-refractivity contribution is -0.385. The maximum Gasteiger partial charge on any atom is 0.287 e. The van der Waals surface area contributed by atoms with Gasteiger partial charge in [0.15, 0.2) is 0 Å². The van der Waals surface area contributed by atoms with Gasteiger partial charge in [-0.15, -0.1) is 0 Å². The van der Waals surface area contributed by atoms with Crippen molar-refractivity contribution in [3.63, 3.8) is 0 Å². The number of rotatable bonds is 15. The van der Waals surface area contributed by atoms with Gasteiger partial charge in [-0.05, 0) is 56.0 Å². The number of aromatic nitrogens is 1. The maximum atomic E-state index is 10.6. The number of hydrogen-bond acceptors (Lipinski definition) is 7. The SMILES string of the molecule is Nc1c(Cl)cc(C(O)CNCCCCCCOCCCc2ccc([N+](=O)[O-])cn2)cc1Cl. The molecule has 1 aromatic carbocycles. The van der Waals surface area contributed by atoms with Crippen LogP contribution < -0.4 is 11.1 Å². The van der Waals surface area contributed by atoms with Crippen LogP contribution in [0.4, 0.5) is 11.4 Å². The average molecular weight is 485 g/mol. The van der Waals surface area contributed by atoms with Crippen LogP contribution in [0.5, 0.6) is 0 Å². The van der Waals surface area contributed by atoms with E-state index in [0.717, 1.165) is 57.4 Å². The Morgan fingerprint density at radius 3 is 2.47 bits per heavy atom. The summed E-state index contributed by atoms with van der Waals surface area (Å²) < 4.78 is 5.64. The fourth-order valence-corrected chi connectivity index (χ4v) is 3.59. The number of anilines is 1. The summed E-state index contributed by atoms with van der Waals surface area (Å²) in [5.41, 5.74) is 7.51. The van der Waals surface area contributed by atoms with Crippen molar-refractivity contribution >= 4 is 34.6 Å². The Hall–Kier alpha value is -1.97. The molecule has 1 aromatic heterocycles. The summed E-state index contributed by atoms with van der Waals surface area (Å²) in [6, 6.07) is 6.43. The zero-order valence-corrected chi connectivity index (χ0v) is 19.4. The van der Waals surface area contributed by atoms with Gasteiger partial charge >= 0.3 is 0 Å². The second-order valence-electron chi connectivity index (χ2n) is 7.51. The first-order chi connectivity index (χ1) is 15.4. The Kier molecular flexibility index (Phi) is 11.7. The average Bonchev–Trinajstić information content (AvgIpc) is 2.78. The molecule has 1 heterocycles. The van der Waals surface area contributed by atoms with Gasteiger partial charge in [-0.3, -0.25) is 15.1 Å². The summed E-state index contributed by atoms with van der Waals surface area (Å²) in [5.74, 6) is 0. The molecule has 4 N–H and O–H groups in total. The number of nitrogens with one attached hydrogen (secondary N) is 1. The number of nitrogen functional groups attached to an aromatic ring is 1. The van der Waals surface area contributed by atoms with Gasteiger partial charge in [-0.1, -0.05) is 36.0 Å². The predicted octanol–water partition coefficient (Wildman–Crippen LogP) is 4.71. The number of aliphatic hydroxyl groups is 1. The van der Waals surface area contributed by atoms with Crippen LogP contribution >= 0.6 is 23.2 Å². The van der Waals surface area contributed by atoms with E-state index in [2.05, 4.69) is 10.3 Å². The van der Waals surface area contributed by atoms with Crippen molar-refractivity contribution in [2.24, 2.45) is 0 Å². The molecule has 0 spiro atoms. The molecular formula is C22H30Cl2N4O4. The molecule has 8 nitrogen and oxygen atoms in total. The number of ether oxygens (including phenoxy) is 1. The maximum absolute atomic E-state index is 10.6. The fraction of sp³-hybridized carbons (Fsp3) is 0.500. The first-order valence-corrected chi connectivity index (χ1v) is 11.4. The smallest absolute Gasteiger partial charge is 0.287 e. The standard InChI is InChI=1S/C22H30Cl2N4O4/c23-19-12-16(13-20(24)22(19)25)21(29)15-26-9-3-1-2-4-10-32-11-5-6-17-7-8-18(14-27-17)28(30)31/h7-8,12-14,21,26,29H,1-6,9-11,15,25H2. The second-order valence-corrected chi connectivity index (χ2v) is 8.33. The van der Waals surface area contributed by atoms with E-state index >= 15 is 0 Å². The fourth-order valence-electron chi connectivity index (χ4n) is 3.09. The quantitative estimate of drug-likeness (QED) is 0.144. The van der Waals surface area contributed by atoms with Crippen molar-refractivity contribution < 1.29 is 14.8 Å². The first kappa shape index (κ1) is 26.3. The molecule has 0 aliphatic rings. The Labute approximate surface area is 198 Å². The number of benzene rings is 1. The highest BCUT2D eigenvalue weighted by atomic mass is 35.5. The van der Waals surface area contributed by atoms with Crippen molar-refractivity contribution in [1.82, 2.24) is 10.3 Å². The molecule has 0 radical (unpaired) electrons. The van der Waals surface area contributed by atoms with Gasteiger partial charge < -0.3 is 20.9 Å². The lowest BCUT2D eigenvalue weighted by atomic mass is 10.1. The van der Waals surface area contributed by atoms with E-state index in [9.17, 15) is 15.2 Å². The van der Waals surface area contributed by atoms with Gasteiger partial charge in [0.1, 0.15) is 6.20 Å². The summed E-state index contributed by atoms with van der Waals surface area (Å²) in [6.45, 7) is 2.61. The molecule has 176 valence electrons. The summed E-state index contributed by atoms with van der Waals surface area (Å²) in [4.78, 5) is 14.2. The third-order valence-corrected chi connectivity index (χ3v) is 5.58. The highest BCUT2D eigenvalue weighted by molar-refractivity contribution is 6.38. The number of pyridine rings is 1. The molecular weight excluding hydrogens is 455 g/mol. The van der Waals surface area contributed by atoms with Crippen molar-refractivity contribution in [1.29, 1.82) is 0 Å². The monoisotopic (exact) mass is 484 g/mol. The van der Waals surface area contributed by atoms with Crippen LogP contribution in [-0.2, 0) is 11.2 Å². The van der Waals surface area contributed by atoms with E-state index in [4.69, 9.17) is 33.7 Å². The number of nitro groups is 1. The topological polar surface area (TPSA) is 124 Å². The molecule has 0 bridgehead atoms. The molecule has 1 atom stereocenters. The number of aryl methyl sites for hydroxylation is 1. The third-order valence-electron chi connectivity index (χ3n) is 4.96. The lowest BCUT2D eigenvalue weighted by Crippen LogP contribution is -2.22. The minimum Gasteiger partial charge on any atom is -0.396 e. The minimum atomic E-state index is -0.694. The van der Waals surface area contributed by atoms with E-state index in [1.54, 1.807) is 18.2 Å². The van der Waals surface area contributed by atoms with Crippen LogP contribution in [0.15, 0.2) is 30.5 Å². The van der Waals surface area contributed by atoms with Gasteiger partial charge in [0.2, 0.25) is 0 Å². The molecule has 1 unspecified atom stereocenters. The van der Waals surface area contributed by atoms with Gasteiger partial charge in [0.25, 0.3) is 5.69 Å². The highest BCUT2D eigenvalue weighted by Crippen LogP contribution is 2.31. The molecule has 10 heteroatoms. The zero-order chi connectivity index (χ0) is 23.3. The Morgan fingerprint density at radius 2 is 1.81 bits per heavy atom. The number of hydrogen-bond donors (Lipinski definition) is 3. The largest absolute Gasteiger partial charge is 0.396 e. The second kappa shape index (κ2) is 14.2. The first-order valence-electron chi connectivity index (χ1n) is 10.7. The molecule has 32 heavy (non-hydrogen) atoms. The van der Waals surface area contributed by atoms with E-state index in [1.807, 2.05) is 0 Å². The van der Waals surface area contributed by atoms with Crippen LogP contribution in [0, 0.1) is 10.1 Å². The summed E-state index contributed by atoms with van der Waals surface area (Å²) in [6.07, 6.45) is 6.35. The number of halogens is 2. The van der Waals surface area contributed by atoms with E-state index in [-0.39, 0.29) is 5.69 Å². The molecule has 0 amide bonds. The molecule has 0 fully saturated rings. The third kappa shape index (κ3) is 9.26. The van der Waals surface area contributed by atoms with Crippen LogP contribution in [0.1, 0.15) is 49.5 Å². The predicted molar refractivity (Wildman–Crippen MR) is 127 cm³/mol. The summed E-state index contributed by atoms with van der Waals surface area (Å²) in [5, 5.41) is 24.8. The Bertz CT molecular complexity index is 829. The zero-order valence-electron chi connectivity index (χ0n) is 17.9. The van der Waals surface area contributed by atoms with Crippen molar-refractivity contribution in [3.05, 3.63) is 61.9 Å². The summed E-state index contributed by atoms with van der Waals surface area (Å²) >= 11 is 12.0. The highest BCUT2D eigenvalue weighted by Gasteiger charge is 2.12. The van der Waals surface area contributed by atoms with Crippen molar-refractivity contribution in [2.75, 3.05) is 32.0 Å². The van der Waals surface area contributed by atoms with Crippen LogP contribution in [-0.4, -0.2) is 41.3 Å². The van der Waals surface area contributed by atoms with Crippen LogP contribution in [0.25, 0.3) is 0 Å². The Balaban J connectivity index is 1.43. The van der Waals surface area contributed by atoms with Crippen LogP contribution in [0.2, 0.25) is 10.0 Å². The van der Waals surface area contributed by atoms with E-state index in [0.29, 0.717) is 34.4 Å². The lowest BCUT2D eigenvalue weighted by Gasteiger charge is -2.14. The minimum absolute atomic E-state index is 0.00742. The molecule has 0 aliphatic carbocycles. The van der Waals surface area contributed by atoms with Gasteiger partial charge in [-0.2, -0.15) is 0 Å².